The number of nitrogens with zero attached hydrogens (tertiary/aromatic N) is 4. The number of nitrogens with two attached hydrogens (primary N) is 1. The summed E-state index contributed by atoms with van der Waals surface area (Å²) in [5, 5.41) is 0.688. The Bertz CT molecular complexity index is 1460. The maximum atomic E-state index is 12.6. The highest BCUT2D eigenvalue weighted by molar-refractivity contribution is 9.10. The van der Waals surface area contributed by atoms with E-state index in [-0.39, 0.29) is 0 Å². The Kier molecular flexibility index (Phi) is 5.98. The highest BCUT2D eigenvalue weighted by atomic mass is 79.9. The average Bonchev–Trinajstić information content (AvgIpc) is 2.77. The summed E-state index contributed by atoms with van der Waals surface area (Å²) in [7, 11) is 0.117. The van der Waals surface area contributed by atoms with Crippen LogP contribution in [0.15, 0.2) is 65.4 Å². The van der Waals surface area contributed by atoms with Gasteiger partial charge < -0.3 is 5.73 Å². The van der Waals surface area contributed by atoms with E-state index in [2.05, 4.69) is 25.9 Å². The normalized spacial score (nSPS) is 13.9. The molecule has 1 atom stereocenters. The van der Waals surface area contributed by atoms with Crippen molar-refractivity contribution < 1.29 is 8.42 Å². The molecule has 2 N–H and O–H groups in total. The van der Waals surface area contributed by atoms with Crippen LogP contribution in [-0.4, -0.2) is 48.6 Å². The smallest absolute Gasteiger partial charge is 0.170 e. The number of anilines is 1. The number of fused-ring (bicyclic) bond motifs is 1. The molecule has 0 saturated carbocycles. The van der Waals surface area contributed by atoms with Gasteiger partial charge in [0.15, 0.2) is 15.5 Å². The summed E-state index contributed by atoms with van der Waals surface area (Å²) in [6.07, 6.45) is 2.65. The Balaban J connectivity index is 1.89. The van der Waals surface area contributed by atoms with E-state index < -0.39 is 14.7 Å². The summed E-state index contributed by atoms with van der Waals surface area (Å²) < 4.78 is 26.1. The van der Waals surface area contributed by atoms with Crippen molar-refractivity contribution in [2.75, 3.05) is 26.1 Å². The van der Waals surface area contributed by atoms with Crippen molar-refractivity contribution >= 4 is 42.6 Å². The first-order chi connectivity index (χ1) is 15.5. The minimum absolute atomic E-state index is 0.360. The second kappa shape index (κ2) is 8.48. The molecule has 170 valence electrons. The van der Waals surface area contributed by atoms with E-state index in [1.807, 2.05) is 54.6 Å². The molecular formula is C24H24BrN5O2S. The average molecular weight is 526 g/mol. The molecule has 4 rings (SSSR count). The number of hydrogen-bond acceptors (Lipinski definition) is 7. The lowest BCUT2D eigenvalue weighted by Gasteiger charge is -2.35. The van der Waals surface area contributed by atoms with Gasteiger partial charge in [-0.2, -0.15) is 0 Å². The molecule has 0 aliphatic rings. The summed E-state index contributed by atoms with van der Waals surface area (Å²) in [6, 6.07) is 17.3. The Morgan fingerprint density at radius 1 is 1.00 bits per heavy atom. The van der Waals surface area contributed by atoms with Gasteiger partial charge in [0.1, 0.15) is 17.0 Å². The molecule has 0 fully saturated rings. The number of sulfone groups is 1. The zero-order chi connectivity index (χ0) is 24.0. The van der Waals surface area contributed by atoms with E-state index in [0.29, 0.717) is 28.1 Å². The van der Waals surface area contributed by atoms with E-state index in [9.17, 15) is 8.42 Å². The Labute approximate surface area is 201 Å². The van der Waals surface area contributed by atoms with Crippen molar-refractivity contribution in [3.05, 3.63) is 71.0 Å². The van der Waals surface area contributed by atoms with Gasteiger partial charge in [-0.1, -0.05) is 52.3 Å². The van der Waals surface area contributed by atoms with Crippen LogP contribution >= 0.6 is 15.9 Å². The van der Waals surface area contributed by atoms with Crippen molar-refractivity contribution in [2.24, 2.45) is 0 Å². The number of halogens is 1. The maximum absolute atomic E-state index is 12.6. The molecule has 0 saturated heterocycles. The van der Waals surface area contributed by atoms with Crippen molar-refractivity contribution in [3.63, 3.8) is 0 Å². The first-order valence-corrected chi connectivity index (χ1v) is 12.9. The number of nitrogen functional groups attached to an aromatic ring is 1. The van der Waals surface area contributed by atoms with Gasteiger partial charge in [0.2, 0.25) is 0 Å². The minimum Gasteiger partial charge on any atom is -0.383 e. The van der Waals surface area contributed by atoms with Crippen LogP contribution in [0.2, 0.25) is 0 Å². The van der Waals surface area contributed by atoms with Crippen LogP contribution in [0, 0.1) is 0 Å². The lowest BCUT2D eigenvalue weighted by atomic mass is 9.98. The number of rotatable bonds is 5. The Hall–Kier alpha value is -2.88. The lowest BCUT2D eigenvalue weighted by Crippen LogP contribution is -2.45. The summed E-state index contributed by atoms with van der Waals surface area (Å²) in [5.41, 5.74) is 10.7. The third-order valence-corrected chi connectivity index (χ3v) is 8.60. The van der Waals surface area contributed by atoms with Gasteiger partial charge in [0.25, 0.3) is 0 Å². The predicted molar refractivity (Wildman–Crippen MR) is 136 cm³/mol. The van der Waals surface area contributed by atoms with Crippen LogP contribution < -0.4 is 5.73 Å². The molecular weight excluding hydrogens is 502 g/mol. The van der Waals surface area contributed by atoms with Gasteiger partial charge in [0.05, 0.1) is 11.1 Å². The fraction of sp³-hybridized carbons (Fsp3) is 0.208. The Morgan fingerprint density at radius 3 is 2.30 bits per heavy atom. The van der Waals surface area contributed by atoms with Crippen LogP contribution in [0.5, 0.6) is 0 Å². The third kappa shape index (κ3) is 4.12. The van der Waals surface area contributed by atoms with E-state index in [1.165, 1.54) is 12.6 Å². The second-order valence-corrected chi connectivity index (χ2v) is 11.5. The highest BCUT2D eigenvalue weighted by Crippen LogP contribution is 2.36. The zero-order valence-corrected chi connectivity index (χ0v) is 21.1. The fourth-order valence-electron chi connectivity index (χ4n) is 3.87. The van der Waals surface area contributed by atoms with Gasteiger partial charge in [-0.15, -0.1) is 0 Å². The quantitative estimate of drug-likeness (QED) is 0.409. The van der Waals surface area contributed by atoms with Gasteiger partial charge in [0, 0.05) is 16.3 Å². The van der Waals surface area contributed by atoms with Crippen LogP contribution in [-0.2, 0) is 14.7 Å². The van der Waals surface area contributed by atoms with Crippen LogP contribution in [0.1, 0.15) is 12.5 Å². The molecule has 0 bridgehead atoms. The van der Waals surface area contributed by atoms with Gasteiger partial charge in [-0.05, 0) is 55.9 Å². The molecule has 4 aromatic rings. The summed E-state index contributed by atoms with van der Waals surface area (Å²) in [6.45, 7) is 1.71. The molecule has 7 nitrogen and oxygen atoms in total. The number of hydrogen-bond donors (Lipinski definition) is 1. The molecule has 9 heteroatoms. The summed E-state index contributed by atoms with van der Waals surface area (Å²) in [5.74, 6) is 0.360. The second-order valence-electron chi connectivity index (χ2n) is 8.25. The number of benzene rings is 2. The zero-order valence-electron chi connectivity index (χ0n) is 18.7. The van der Waals surface area contributed by atoms with Crippen molar-refractivity contribution in [1.29, 1.82) is 0 Å². The highest BCUT2D eigenvalue weighted by Gasteiger charge is 2.39. The van der Waals surface area contributed by atoms with Gasteiger partial charge in [-0.25, -0.2) is 23.4 Å². The SMILES string of the molecule is CN(C)C(C)(c1ccc(-c2cc(-c3cccc(Br)c3)c3c(N)ncnc3n2)cc1)S(C)(=O)=O. The molecule has 1 unspecified atom stereocenters. The third-order valence-electron chi connectivity index (χ3n) is 6.06. The first kappa shape index (κ1) is 23.3. The van der Waals surface area contributed by atoms with Gasteiger partial charge in [-0.3, -0.25) is 4.90 Å². The predicted octanol–water partition coefficient (Wildman–Crippen LogP) is 4.48. The largest absolute Gasteiger partial charge is 0.383 e. The molecule has 0 amide bonds. The molecule has 0 radical (unpaired) electrons. The van der Waals surface area contributed by atoms with E-state index in [0.717, 1.165) is 21.2 Å². The lowest BCUT2D eigenvalue weighted by molar-refractivity contribution is 0.265. The van der Waals surface area contributed by atoms with E-state index in [1.54, 1.807) is 25.9 Å². The number of pyridine rings is 1. The first-order valence-electron chi connectivity index (χ1n) is 10.2. The van der Waals surface area contributed by atoms with Crippen LogP contribution in [0.4, 0.5) is 5.82 Å². The van der Waals surface area contributed by atoms with Crippen LogP contribution in [0.3, 0.4) is 0 Å². The topological polar surface area (TPSA) is 102 Å². The standard InChI is InChI=1S/C24H24BrN5O2S/c1-24(30(2)3,33(4,31)32)17-10-8-15(9-11-17)20-13-19(16-6-5-7-18(25)12-16)21-22(26)27-14-28-23(21)29-20/h5-14H,1-4H3,(H2,26,27,28,29). The summed E-state index contributed by atoms with van der Waals surface area (Å²) in [4.78, 5) is 13.8. The molecule has 0 aliphatic carbocycles. The molecule has 0 aliphatic heterocycles. The number of aromatic nitrogens is 3. The monoisotopic (exact) mass is 525 g/mol. The van der Waals surface area contributed by atoms with Crippen molar-refractivity contribution in [3.8, 4) is 22.4 Å². The molecule has 2 aromatic heterocycles. The summed E-state index contributed by atoms with van der Waals surface area (Å²) >= 11 is 3.53. The van der Waals surface area contributed by atoms with Crippen LogP contribution in [0.25, 0.3) is 33.4 Å². The van der Waals surface area contributed by atoms with Crippen molar-refractivity contribution in [2.45, 2.75) is 11.8 Å². The fourth-order valence-corrected chi connectivity index (χ4v) is 5.50. The molecule has 2 aromatic carbocycles. The maximum Gasteiger partial charge on any atom is 0.170 e. The molecule has 33 heavy (non-hydrogen) atoms. The van der Waals surface area contributed by atoms with E-state index >= 15 is 0 Å². The molecule has 0 spiro atoms. The molecule has 2 heterocycles. The van der Waals surface area contributed by atoms with E-state index in [4.69, 9.17) is 10.7 Å². The Morgan fingerprint density at radius 2 is 1.70 bits per heavy atom. The van der Waals surface area contributed by atoms with Crippen molar-refractivity contribution in [1.82, 2.24) is 19.9 Å². The minimum atomic E-state index is -3.40. The van der Waals surface area contributed by atoms with Gasteiger partial charge >= 0.3 is 0 Å².